The third kappa shape index (κ3) is 10.7. The fourth-order valence-corrected chi connectivity index (χ4v) is 3.40. The van der Waals surface area contributed by atoms with Crippen molar-refractivity contribution in [2.45, 2.75) is 63.2 Å². The Bertz CT molecular complexity index is 760. The molecule has 3 amide bonds. The molecule has 1 aromatic rings. The molecule has 0 bridgehead atoms. The van der Waals surface area contributed by atoms with Crippen LogP contribution in [0.3, 0.4) is 0 Å². The smallest absolute Gasteiger partial charge is 0.326 e. The molecule has 9 N–H and O–H groups in total. The second kappa shape index (κ2) is 15.2. The summed E-state index contributed by atoms with van der Waals surface area (Å²) in [6.07, 6.45) is 6.63. The van der Waals surface area contributed by atoms with Gasteiger partial charge in [-0.2, -0.15) is 11.8 Å². The van der Waals surface area contributed by atoms with E-state index >= 15 is 0 Å². The number of carboxylic acid groups (broad SMARTS) is 1. The van der Waals surface area contributed by atoms with Gasteiger partial charge in [-0.05, 0) is 51.2 Å². The van der Waals surface area contributed by atoms with Crippen molar-refractivity contribution in [2.24, 2.45) is 11.5 Å². The van der Waals surface area contributed by atoms with Gasteiger partial charge in [-0.3, -0.25) is 14.4 Å². The van der Waals surface area contributed by atoms with Crippen molar-refractivity contribution in [3.8, 4) is 0 Å². The minimum atomic E-state index is -1.16. The van der Waals surface area contributed by atoms with Gasteiger partial charge in [-0.15, -0.1) is 0 Å². The molecule has 186 valence electrons. The summed E-state index contributed by atoms with van der Waals surface area (Å²) in [7, 11) is 0. The molecule has 1 aromatic heterocycles. The van der Waals surface area contributed by atoms with E-state index in [1.165, 1.54) is 31.2 Å². The molecule has 0 aromatic carbocycles. The molecule has 0 aliphatic carbocycles. The highest BCUT2D eigenvalue weighted by atomic mass is 32.2. The van der Waals surface area contributed by atoms with Crippen LogP contribution in [-0.4, -0.2) is 81.5 Å². The predicted molar refractivity (Wildman–Crippen MR) is 125 cm³/mol. The number of nitrogens with zero attached hydrogens (tertiary/aromatic N) is 1. The number of nitrogens with two attached hydrogens (primary N) is 2. The summed E-state index contributed by atoms with van der Waals surface area (Å²) in [5.74, 6) is -2.31. The molecule has 0 spiro atoms. The molecule has 0 saturated carbocycles. The Morgan fingerprint density at radius 3 is 2.24 bits per heavy atom. The Kier molecular flexibility index (Phi) is 13.1. The summed E-state index contributed by atoms with van der Waals surface area (Å²) >= 11 is 1.48. The molecule has 12 nitrogen and oxygen atoms in total. The Labute approximate surface area is 197 Å². The van der Waals surface area contributed by atoms with Crippen molar-refractivity contribution in [3.05, 3.63) is 18.2 Å². The zero-order valence-corrected chi connectivity index (χ0v) is 19.8. The normalized spacial score (nSPS) is 14.5. The van der Waals surface area contributed by atoms with E-state index in [2.05, 4.69) is 25.9 Å². The summed E-state index contributed by atoms with van der Waals surface area (Å²) in [5, 5.41) is 17.2. The maximum Gasteiger partial charge on any atom is 0.326 e. The number of nitrogens with one attached hydrogen (secondary N) is 4. The number of amides is 3. The first-order chi connectivity index (χ1) is 15.7. The van der Waals surface area contributed by atoms with E-state index in [4.69, 9.17) is 11.5 Å². The molecule has 0 radical (unpaired) electrons. The molecule has 0 saturated heterocycles. The number of unbranched alkanes of at least 4 members (excludes halogenated alkanes) is 1. The van der Waals surface area contributed by atoms with Crippen LogP contribution in [0.25, 0.3) is 0 Å². The first-order valence-electron chi connectivity index (χ1n) is 10.7. The number of imidazole rings is 1. The van der Waals surface area contributed by atoms with Gasteiger partial charge in [-0.25, -0.2) is 9.78 Å². The summed E-state index contributed by atoms with van der Waals surface area (Å²) in [6, 6.07) is -3.90. The largest absolute Gasteiger partial charge is 0.480 e. The Morgan fingerprint density at radius 1 is 1.06 bits per heavy atom. The van der Waals surface area contributed by atoms with Crippen LogP contribution in [0.5, 0.6) is 0 Å². The number of H-pyrrole nitrogens is 1. The molecular formula is C20H35N7O5S. The van der Waals surface area contributed by atoms with Gasteiger partial charge in [0.05, 0.1) is 12.4 Å². The lowest BCUT2D eigenvalue weighted by molar-refractivity contribution is -0.142. The summed E-state index contributed by atoms with van der Waals surface area (Å²) in [5.41, 5.74) is 11.7. The van der Waals surface area contributed by atoms with Gasteiger partial charge in [0, 0.05) is 18.3 Å². The van der Waals surface area contributed by atoms with Crippen LogP contribution in [0.4, 0.5) is 0 Å². The number of rotatable bonds is 16. The van der Waals surface area contributed by atoms with E-state index in [1.807, 2.05) is 6.26 Å². The number of carboxylic acids is 1. The van der Waals surface area contributed by atoms with Crippen molar-refractivity contribution in [3.63, 3.8) is 0 Å². The highest BCUT2D eigenvalue weighted by Gasteiger charge is 2.30. The number of carbonyl (C=O) groups excluding carboxylic acids is 3. The van der Waals surface area contributed by atoms with Gasteiger partial charge < -0.3 is 37.5 Å². The van der Waals surface area contributed by atoms with Crippen molar-refractivity contribution in [2.75, 3.05) is 18.6 Å². The average Bonchev–Trinajstić information content (AvgIpc) is 3.28. The highest BCUT2D eigenvalue weighted by molar-refractivity contribution is 7.98. The standard InChI is InChI=1S/C20H35N7O5S/c1-12(22)17(28)27-16(9-13-10-23-11-24-13)19(30)25-14(6-8-33-2)18(29)26-15(20(31)32)5-3-4-7-21/h10-12,14-16H,3-9,21-22H2,1-2H3,(H,23,24)(H,25,30)(H,26,29)(H,27,28)(H,31,32). The zero-order chi connectivity index (χ0) is 24.8. The molecule has 13 heteroatoms. The fraction of sp³-hybridized carbons (Fsp3) is 0.650. The first kappa shape index (κ1) is 28.4. The maximum absolute atomic E-state index is 13.0. The number of thioether (sulfide) groups is 1. The average molecular weight is 486 g/mol. The first-order valence-corrected chi connectivity index (χ1v) is 12.1. The second-order valence-electron chi connectivity index (χ2n) is 7.66. The number of aromatic amines is 1. The number of hydrogen-bond donors (Lipinski definition) is 7. The van der Waals surface area contributed by atoms with Crippen molar-refractivity contribution >= 4 is 35.5 Å². The van der Waals surface area contributed by atoms with Crippen molar-refractivity contribution in [1.82, 2.24) is 25.9 Å². The minimum absolute atomic E-state index is 0.109. The van der Waals surface area contributed by atoms with Gasteiger partial charge in [0.2, 0.25) is 17.7 Å². The fourth-order valence-electron chi connectivity index (χ4n) is 2.93. The van der Waals surface area contributed by atoms with Gasteiger partial charge >= 0.3 is 5.97 Å². The zero-order valence-electron chi connectivity index (χ0n) is 19.0. The molecule has 0 aliphatic rings. The summed E-state index contributed by atoms with van der Waals surface area (Å²) in [6.45, 7) is 1.92. The number of hydrogen-bond acceptors (Lipinski definition) is 8. The van der Waals surface area contributed by atoms with Gasteiger partial charge in [0.1, 0.15) is 18.1 Å². The molecular weight excluding hydrogens is 450 g/mol. The van der Waals surface area contributed by atoms with E-state index in [9.17, 15) is 24.3 Å². The number of carbonyl (C=O) groups is 4. The van der Waals surface area contributed by atoms with Crippen molar-refractivity contribution < 1.29 is 24.3 Å². The predicted octanol–water partition coefficient (Wildman–Crippen LogP) is -1.28. The lowest BCUT2D eigenvalue weighted by atomic mass is 10.1. The van der Waals surface area contributed by atoms with Crippen LogP contribution in [0, 0.1) is 0 Å². The monoisotopic (exact) mass is 485 g/mol. The van der Waals surface area contributed by atoms with Crippen LogP contribution < -0.4 is 27.4 Å². The van der Waals surface area contributed by atoms with Gasteiger partial charge in [0.25, 0.3) is 0 Å². The molecule has 33 heavy (non-hydrogen) atoms. The highest BCUT2D eigenvalue weighted by Crippen LogP contribution is 2.07. The second-order valence-corrected chi connectivity index (χ2v) is 8.64. The molecule has 1 rings (SSSR count). The molecule has 0 fully saturated rings. The number of aliphatic carboxylic acids is 1. The Morgan fingerprint density at radius 2 is 1.70 bits per heavy atom. The van der Waals surface area contributed by atoms with Crippen LogP contribution in [-0.2, 0) is 25.6 Å². The van der Waals surface area contributed by atoms with Crippen LogP contribution >= 0.6 is 11.8 Å². The van der Waals surface area contributed by atoms with Crippen LogP contribution in [0.1, 0.15) is 38.3 Å². The Balaban J connectivity index is 2.94. The van der Waals surface area contributed by atoms with E-state index in [1.54, 1.807) is 0 Å². The SMILES string of the molecule is CSCCC(NC(=O)C(Cc1cnc[nH]1)NC(=O)C(C)N)C(=O)NC(CCCCN)C(=O)O. The van der Waals surface area contributed by atoms with E-state index in [-0.39, 0.29) is 19.3 Å². The van der Waals surface area contributed by atoms with Gasteiger partial charge in [-0.1, -0.05) is 0 Å². The third-order valence-electron chi connectivity index (χ3n) is 4.83. The quantitative estimate of drug-likeness (QED) is 0.139. The molecule has 4 unspecified atom stereocenters. The Hall–Kier alpha value is -2.64. The number of aromatic nitrogens is 2. The van der Waals surface area contributed by atoms with E-state index in [0.29, 0.717) is 30.8 Å². The maximum atomic E-state index is 13.0. The molecule has 1 heterocycles. The van der Waals surface area contributed by atoms with E-state index in [0.717, 1.165) is 0 Å². The van der Waals surface area contributed by atoms with Crippen LogP contribution in [0.15, 0.2) is 12.5 Å². The van der Waals surface area contributed by atoms with Gasteiger partial charge in [0.15, 0.2) is 0 Å². The van der Waals surface area contributed by atoms with Crippen LogP contribution in [0.2, 0.25) is 0 Å². The van der Waals surface area contributed by atoms with E-state index < -0.39 is 47.9 Å². The third-order valence-corrected chi connectivity index (χ3v) is 5.47. The molecule has 4 atom stereocenters. The summed E-state index contributed by atoms with van der Waals surface area (Å²) in [4.78, 5) is 56.3. The lowest BCUT2D eigenvalue weighted by Gasteiger charge is -2.24. The topological polar surface area (TPSA) is 205 Å². The van der Waals surface area contributed by atoms with Crippen molar-refractivity contribution in [1.29, 1.82) is 0 Å². The molecule has 0 aliphatic heterocycles. The minimum Gasteiger partial charge on any atom is -0.480 e. The summed E-state index contributed by atoms with van der Waals surface area (Å²) < 4.78 is 0. The lowest BCUT2D eigenvalue weighted by Crippen LogP contribution is -2.57.